The Morgan fingerprint density at radius 1 is 1.05 bits per heavy atom. The van der Waals surface area contributed by atoms with E-state index in [1.54, 1.807) is 5.56 Å². The molecule has 0 spiro atoms. The standard InChI is InChI=1S/C19H31N/c1-13(2)20-12-18-8-6-7-17(18)11-19-15(4)9-14(3)10-16(19)5/h9-10,13,17-18,20H,6-8,11-12H2,1-5H3. The Labute approximate surface area is 125 Å². The van der Waals surface area contributed by atoms with Gasteiger partial charge in [0, 0.05) is 6.04 Å². The first-order chi connectivity index (χ1) is 9.47. The molecule has 112 valence electrons. The van der Waals surface area contributed by atoms with Crippen LogP contribution in [0.2, 0.25) is 0 Å². The summed E-state index contributed by atoms with van der Waals surface area (Å²) in [5.41, 5.74) is 5.99. The van der Waals surface area contributed by atoms with Crippen molar-refractivity contribution in [3.05, 3.63) is 34.4 Å². The molecule has 1 aliphatic carbocycles. The van der Waals surface area contributed by atoms with Gasteiger partial charge in [-0.15, -0.1) is 0 Å². The molecule has 1 aliphatic rings. The summed E-state index contributed by atoms with van der Waals surface area (Å²) < 4.78 is 0. The van der Waals surface area contributed by atoms with Gasteiger partial charge in [0.1, 0.15) is 0 Å². The van der Waals surface area contributed by atoms with Gasteiger partial charge in [-0.3, -0.25) is 0 Å². The van der Waals surface area contributed by atoms with Crippen LogP contribution in [0.1, 0.15) is 55.4 Å². The lowest BCUT2D eigenvalue weighted by Crippen LogP contribution is -2.31. The molecule has 2 atom stereocenters. The first-order valence-corrected chi connectivity index (χ1v) is 8.27. The highest BCUT2D eigenvalue weighted by Gasteiger charge is 2.27. The Bertz CT molecular complexity index is 424. The molecule has 1 aromatic carbocycles. The topological polar surface area (TPSA) is 12.0 Å². The maximum Gasteiger partial charge on any atom is 0.00104 e. The lowest BCUT2D eigenvalue weighted by atomic mass is 9.85. The molecular formula is C19H31N. The van der Waals surface area contributed by atoms with E-state index < -0.39 is 0 Å². The zero-order valence-corrected chi connectivity index (χ0v) is 13.9. The molecule has 0 amide bonds. The normalized spacial score (nSPS) is 22.7. The van der Waals surface area contributed by atoms with E-state index in [2.05, 4.69) is 52.1 Å². The van der Waals surface area contributed by atoms with Crippen molar-refractivity contribution in [1.82, 2.24) is 5.32 Å². The monoisotopic (exact) mass is 273 g/mol. The molecular weight excluding hydrogens is 242 g/mol. The highest BCUT2D eigenvalue weighted by Crippen LogP contribution is 2.35. The van der Waals surface area contributed by atoms with Gasteiger partial charge >= 0.3 is 0 Å². The van der Waals surface area contributed by atoms with Gasteiger partial charge in [-0.25, -0.2) is 0 Å². The van der Waals surface area contributed by atoms with Crippen molar-refractivity contribution in [1.29, 1.82) is 0 Å². The van der Waals surface area contributed by atoms with Gasteiger partial charge in [0.2, 0.25) is 0 Å². The third-order valence-corrected chi connectivity index (χ3v) is 4.91. The van der Waals surface area contributed by atoms with Crippen LogP contribution in [0.25, 0.3) is 0 Å². The summed E-state index contributed by atoms with van der Waals surface area (Å²) in [5.74, 6) is 1.75. The first-order valence-electron chi connectivity index (χ1n) is 8.27. The number of benzene rings is 1. The van der Waals surface area contributed by atoms with Crippen molar-refractivity contribution in [3.8, 4) is 0 Å². The molecule has 0 radical (unpaired) electrons. The Morgan fingerprint density at radius 2 is 1.65 bits per heavy atom. The molecule has 0 heterocycles. The lowest BCUT2D eigenvalue weighted by Gasteiger charge is -2.23. The Balaban J connectivity index is 2.05. The van der Waals surface area contributed by atoms with Crippen LogP contribution in [0.4, 0.5) is 0 Å². The second kappa shape index (κ2) is 6.76. The van der Waals surface area contributed by atoms with Crippen molar-refractivity contribution in [2.45, 2.75) is 66.3 Å². The highest BCUT2D eigenvalue weighted by atomic mass is 14.9. The summed E-state index contributed by atoms with van der Waals surface area (Å²) in [5, 5.41) is 3.64. The number of rotatable bonds is 5. The fraction of sp³-hybridized carbons (Fsp3) is 0.684. The summed E-state index contributed by atoms with van der Waals surface area (Å²) >= 11 is 0. The molecule has 1 N–H and O–H groups in total. The molecule has 0 aliphatic heterocycles. The van der Waals surface area contributed by atoms with Crippen LogP contribution in [0, 0.1) is 32.6 Å². The Morgan fingerprint density at radius 3 is 2.25 bits per heavy atom. The fourth-order valence-corrected chi connectivity index (χ4v) is 3.83. The van der Waals surface area contributed by atoms with Gasteiger partial charge in [-0.2, -0.15) is 0 Å². The van der Waals surface area contributed by atoms with Crippen LogP contribution >= 0.6 is 0 Å². The molecule has 0 bridgehead atoms. The molecule has 1 nitrogen and oxygen atoms in total. The second-order valence-corrected chi connectivity index (χ2v) is 7.10. The van der Waals surface area contributed by atoms with E-state index in [9.17, 15) is 0 Å². The summed E-state index contributed by atoms with van der Waals surface area (Å²) in [6.45, 7) is 12.5. The Kier molecular flexibility index (Phi) is 5.26. The zero-order valence-electron chi connectivity index (χ0n) is 13.9. The van der Waals surface area contributed by atoms with E-state index in [4.69, 9.17) is 0 Å². The molecule has 2 rings (SSSR count). The number of hydrogen-bond donors (Lipinski definition) is 1. The third-order valence-electron chi connectivity index (χ3n) is 4.91. The van der Waals surface area contributed by atoms with Gasteiger partial charge in [-0.05, 0) is 75.1 Å². The molecule has 0 aromatic heterocycles. The third kappa shape index (κ3) is 3.85. The maximum atomic E-state index is 3.64. The van der Waals surface area contributed by atoms with E-state index in [1.807, 2.05) is 0 Å². The number of hydrogen-bond acceptors (Lipinski definition) is 1. The number of nitrogens with one attached hydrogen (secondary N) is 1. The minimum atomic E-state index is 0.610. The van der Waals surface area contributed by atoms with Crippen molar-refractivity contribution in [2.24, 2.45) is 11.8 Å². The predicted molar refractivity (Wildman–Crippen MR) is 88.3 cm³/mol. The summed E-state index contributed by atoms with van der Waals surface area (Å²) in [6.07, 6.45) is 5.52. The maximum absolute atomic E-state index is 3.64. The molecule has 1 aromatic rings. The van der Waals surface area contributed by atoms with E-state index in [0.29, 0.717) is 6.04 Å². The largest absolute Gasteiger partial charge is 0.314 e. The van der Waals surface area contributed by atoms with Gasteiger partial charge in [0.05, 0.1) is 0 Å². The van der Waals surface area contributed by atoms with Crippen molar-refractivity contribution < 1.29 is 0 Å². The average Bonchev–Trinajstić information content (AvgIpc) is 2.78. The van der Waals surface area contributed by atoms with Crippen LogP contribution in [0.15, 0.2) is 12.1 Å². The summed E-state index contributed by atoms with van der Waals surface area (Å²) in [7, 11) is 0. The van der Waals surface area contributed by atoms with E-state index in [-0.39, 0.29) is 0 Å². The van der Waals surface area contributed by atoms with E-state index in [1.165, 1.54) is 48.9 Å². The second-order valence-electron chi connectivity index (χ2n) is 7.10. The summed E-state index contributed by atoms with van der Waals surface area (Å²) in [4.78, 5) is 0. The van der Waals surface area contributed by atoms with Crippen LogP contribution in [-0.4, -0.2) is 12.6 Å². The van der Waals surface area contributed by atoms with Crippen LogP contribution in [0.5, 0.6) is 0 Å². The van der Waals surface area contributed by atoms with Crippen LogP contribution < -0.4 is 5.32 Å². The quantitative estimate of drug-likeness (QED) is 0.828. The molecule has 2 unspecified atom stereocenters. The molecule has 0 saturated heterocycles. The van der Waals surface area contributed by atoms with Crippen LogP contribution in [0.3, 0.4) is 0 Å². The minimum absolute atomic E-state index is 0.610. The zero-order chi connectivity index (χ0) is 14.7. The van der Waals surface area contributed by atoms with Crippen molar-refractivity contribution in [2.75, 3.05) is 6.54 Å². The molecule has 20 heavy (non-hydrogen) atoms. The predicted octanol–water partition coefficient (Wildman–Crippen LogP) is 4.57. The summed E-state index contributed by atoms with van der Waals surface area (Å²) in [6, 6.07) is 5.30. The van der Waals surface area contributed by atoms with Crippen LogP contribution in [-0.2, 0) is 6.42 Å². The van der Waals surface area contributed by atoms with Crippen molar-refractivity contribution >= 4 is 0 Å². The van der Waals surface area contributed by atoms with Gasteiger partial charge in [-0.1, -0.05) is 38.0 Å². The molecule has 1 heteroatoms. The molecule has 1 saturated carbocycles. The van der Waals surface area contributed by atoms with Gasteiger partial charge in [0.15, 0.2) is 0 Å². The van der Waals surface area contributed by atoms with E-state index in [0.717, 1.165) is 11.8 Å². The number of aryl methyl sites for hydroxylation is 3. The van der Waals surface area contributed by atoms with E-state index >= 15 is 0 Å². The lowest BCUT2D eigenvalue weighted by molar-refractivity contribution is 0.353. The molecule has 1 fully saturated rings. The highest BCUT2D eigenvalue weighted by molar-refractivity contribution is 5.37. The first kappa shape index (κ1) is 15.6. The smallest absolute Gasteiger partial charge is 0.00104 e. The minimum Gasteiger partial charge on any atom is -0.314 e. The SMILES string of the molecule is Cc1cc(C)c(CC2CCCC2CNC(C)C)c(C)c1. The fourth-order valence-electron chi connectivity index (χ4n) is 3.83. The van der Waals surface area contributed by atoms with Gasteiger partial charge < -0.3 is 5.32 Å². The Hall–Kier alpha value is -0.820. The van der Waals surface area contributed by atoms with Crippen molar-refractivity contribution in [3.63, 3.8) is 0 Å². The average molecular weight is 273 g/mol. The van der Waals surface area contributed by atoms with Gasteiger partial charge in [0.25, 0.3) is 0 Å².